The van der Waals surface area contributed by atoms with Gasteiger partial charge < -0.3 is 18.2 Å². The van der Waals surface area contributed by atoms with Crippen molar-refractivity contribution in [3.63, 3.8) is 0 Å². The number of hydrogen-bond donors (Lipinski definition) is 2. The number of aromatic amines is 1. The van der Waals surface area contributed by atoms with Crippen molar-refractivity contribution >= 4 is 79.0 Å². The highest BCUT2D eigenvalue weighted by molar-refractivity contribution is 7.97. The van der Waals surface area contributed by atoms with Crippen molar-refractivity contribution in [1.29, 1.82) is 0 Å². The summed E-state index contributed by atoms with van der Waals surface area (Å²) in [6.45, 7) is 71.5. The number of hydrogen-bond acceptors (Lipinski definition) is 10. The molecular weight excluding hydrogens is 1420 g/mol. The van der Waals surface area contributed by atoms with Crippen molar-refractivity contribution in [3.05, 3.63) is 260 Å². The summed E-state index contributed by atoms with van der Waals surface area (Å²) in [4.78, 5) is 14.3. The first-order chi connectivity index (χ1) is 52.5. The first-order valence-electron chi connectivity index (χ1n) is 40.7. The zero-order valence-corrected chi connectivity index (χ0v) is 78.7. The molecule has 6 aromatic heterocycles. The van der Waals surface area contributed by atoms with Crippen molar-refractivity contribution in [3.8, 4) is 0 Å². The van der Waals surface area contributed by atoms with Gasteiger partial charge in [-0.25, -0.2) is 4.98 Å². The minimum atomic E-state index is 0.659. The van der Waals surface area contributed by atoms with Crippen molar-refractivity contribution in [2.45, 2.75) is 247 Å². The number of allylic oxidation sites excluding steroid dienone is 6. The first kappa shape index (κ1) is 117. The van der Waals surface area contributed by atoms with Crippen LogP contribution in [0.2, 0.25) is 0 Å². The number of thiophene rings is 2. The van der Waals surface area contributed by atoms with E-state index in [1.807, 2.05) is 126 Å². The number of nitrogens with zero attached hydrogens (tertiary/aromatic N) is 3. The number of furan rings is 2. The number of aromatic nitrogens is 2. The lowest BCUT2D eigenvalue weighted by Crippen LogP contribution is -1.91. The molecule has 10 aromatic rings. The van der Waals surface area contributed by atoms with Crippen LogP contribution in [0, 0.1) is 59.2 Å². The Morgan fingerprint density at radius 3 is 1.16 bits per heavy atom. The van der Waals surface area contributed by atoms with Gasteiger partial charge in [0.05, 0.1) is 31.5 Å². The molecule has 1 aliphatic carbocycles. The van der Waals surface area contributed by atoms with Gasteiger partial charge in [-0.15, -0.1) is 11.3 Å². The third-order valence-corrected chi connectivity index (χ3v) is 11.6. The van der Waals surface area contributed by atoms with Crippen LogP contribution in [0.3, 0.4) is 0 Å². The van der Waals surface area contributed by atoms with Crippen LogP contribution >= 0.6 is 34.6 Å². The lowest BCUT2D eigenvalue weighted by Gasteiger charge is -2.01. The van der Waals surface area contributed by atoms with E-state index in [1.165, 1.54) is 57.9 Å². The molecule has 0 spiro atoms. The number of nitrogens with one attached hydrogen (secondary N) is 2. The zero-order valence-electron chi connectivity index (χ0n) is 76.3. The highest BCUT2D eigenvalue weighted by Gasteiger charge is 1.95. The maximum Gasteiger partial charge on any atom is 0.180 e. The van der Waals surface area contributed by atoms with Gasteiger partial charge in [0.15, 0.2) is 6.39 Å². The van der Waals surface area contributed by atoms with E-state index in [1.54, 1.807) is 60.1 Å². The Balaban J connectivity index is -0.000000207. The number of aliphatic imine (C=N–C) groups is 2. The maximum absolute atomic E-state index is 5.12. The van der Waals surface area contributed by atoms with Crippen LogP contribution in [-0.2, 0) is 0 Å². The van der Waals surface area contributed by atoms with Gasteiger partial charge in [0.2, 0.25) is 0 Å². The van der Waals surface area contributed by atoms with Gasteiger partial charge in [-0.1, -0.05) is 367 Å². The lowest BCUT2D eigenvalue weighted by molar-refractivity contribution is 0.558. The van der Waals surface area contributed by atoms with Crippen LogP contribution in [-0.4, -0.2) is 41.2 Å². The third-order valence-electron chi connectivity index (χ3n) is 9.21. The summed E-state index contributed by atoms with van der Waals surface area (Å²) in [6, 6.07) is 48.9. The van der Waals surface area contributed by atoms with Crippen LogP contribution in [0.5, 0.6) is 0 Å². The highest BCUT2D eigenvalue weighted by atomic mass is 32.2. The number of oxazole rings is 1. The summed E-state index contributed by atoms with van der Waals surface area (Å²) < 4.78 is 18.7. The number of para-hydroxylation sites is 2. The van der Waals surface area contributed by atoms with Crippen molar-refractivity contribution < 1.29 is 13.3 Å². The molecular formula is C100H165N5O3S3. The maximum atomic E-state index is 5.12. The first-order valence-corrected chi connectivity index (χ1v) is 43.5. The molecule has 0 unspecified atom stereocenters. The molecule has 0 saturated carbocycles. The van der Waals surface area contributed by atoms with Gasteiger partial charge in [-0.3, -0.25) is 14.7 Å². The van der Waals surface area contributed by atoms with Gasteiger partial charge in [0, 0.05) is 59.1 Å². The topological polar surface area (TPSA) is 105 Å². The highest BCUT2D eigenvalue weighted by Crippen LogP contribution is 2.19. The fourth-order valence-corrected chi connectivity index (χ4v) is 7.60. The molecule has 4 aliphatic rings. The predicted octanol–water partition coefficient (Wildman–Crippen LogP) is 34.4. The summed E-state index contributed by atoms with van der Waals surface area (Å²) in [5.41, 5.74) is 3.58. The van der Waals surface area contributed by atoms with Gasteiger partial charge in [0.1, 0.15) is 11.8 Å². The molecule has 4 aromatic carbocycles. The summed E-state index contributed by atoms with van der Waals surface area (Å²) in [6.07, 6.45) is 34.7. The van der Waals surface area contributed by atoms with Crippen LogP contribution in [0.25, 0.3) is 32.0 Å². The molecule has 1 saturated heterocycles. The molecule has 1 fully saturated rings. The number of fused-ring (bicyclic) bond motifs is 3. The van der Waals surface area contributed by atoms with Crippen LogP contribution in [0.4, 0.5) is 0 Å². The molecule has 3 aliphatic heterocycles. The van der Waals surface area contributed by atoms with E-state index in [0.29, 0.717) is 5.92 Å². The van der Waals surface area contributed by atoms with Crippen molar-refractivity contribution in [2.75, 3.05) is 18.8 Å². The van der Waals surface area contributed by atoms with Crippen molar-refractivity contribution in [1.82, 2.24) is 14.7 Å². The van der Waals surface area contributed by atoms with Gasteiger partial charge >= 0.3 is 0 Å². The van der Waals surface area contributed by atoms with E-state index in [0.717, 1.165) is 89.5 Å². The second kappa shape index (κ2) is 91.6. The Kier molecular flexibility index (Phi) is 96.5. The van der Waals surface area contributed by atoms with E-state index >= 15 is 0 Å². The van der Waals surface area contributed by atoms with E-state index in [2.05, 4.69) is 358 Å². The SMILES string of the molecule is C1=CCC=C1.C1=CCN=C1.C1=CN=CC1.C1CNSC1.CC(C)C.CC(C)C.CC(C)C.CC(C)C.CC(C)C.CC(C)C.CC(C)C.CC(C)C.CC(C)C.CC(C)C.CC(C)c1ccccc1.c1ccc2[nH]ccc2c1.c1ccc2occc2c1.c1ccc2sccc2c1.c1ccoc1.c1ccsc1.c1cocn1. The summed E-state index contributed by atoms with van der Waals surface area (Å²) in [7, 11) is 0. The molecule has 14 rings (SSSR count). The smallest absolute Gasteiger partial charge is 0.180 e. The van der Waals surface area contributed by atoms with Crippen LogP contribution in [0.15, 0.2) is 278 Å². The van der Waals surface area contributed by atoms with E-state index < -0.39 is 0 Å². The lowest BCUT2D eigenvalue weighted by atomic mass is 10.0. The quantitative estimate of drug-likeness (QED) is 0.159. The van der Waals surface area contributed by atoms with Crippen LogP contribution < -0.4 is 4.72 Å². The largest absolute Gasteiger partial charge is 0.473 e. The van der Waals surface area contributed by atoms with Gasteiger partial charge in [-0.05, 0) is 165 Å². The molecule has 626 valence electrons. The minimum absolute atomic E-state index is 0.659. The predicted molar refractivity (Wildman–Crippen MR) is 514 cm³/mol. The Morgan fingerprint density at radius 1 is 0.396 bits per heavy atom. The molecule has 11 heteroatoms. The molecule has 0 atom stereocenters. The summed E-state index contributed by atoms with van der Waals surface area (Å²) in [5.74, 6) is 10.3. The van der Waals surface area contributed by atoms with Crippen LogP contribution in [0.1, 0.15) is 252 Å². The number of rotatable bonds is 1. The monoisotopic (exact) mass is 1580 g/mol. The van der Waals surface area contributed by atoms with E-state index in [4.69, 9.17) is 4.42 Å². The summed E-state index contributed by atoms with van der Waals surface area (Å²) >= 11 is 5.32. The molecule has 0 radical (unpaired) electrons. The number of H-pyrrole nitrogens is 1. The Hall–Kier alpha value is -7.28. The fourth-order valence-electron chi connectivity index (χ4n) is 5.64. The van der Waals surface area contributed by atoms with E-state index in [-0.39, 0.29) is 0 Å². The Bertz CT molecular complexity index is 2830. The second-order valence-corrected chi connectivity index (χ2v) is 35.0. The Morgan fingerprint density at radius 2 is 0.874 bits per heavy atom. The van der Waals surface area contributed by atoms with Gasteiger partial charge in [-0.2, -0.15) is 11.3 Å². The molecule has 0 bridgehead atoms. The Labute approximate surface area is 696 Å². The van der Waals surface area contributed by atoms with E-state index in [9.17, 15) is 0 Å². The minimum Gasteiger partial charge on any atom is -0.473 e. The molecule has 8 nitrogen and oxygen atoms in total. The molecule has 2 N–H and O–H groups in total. The molecule has 0 amide bonds. The second-order valence-electron chi connectivity index (χ2n) is 32.2. The number of benzene rings is 4. The standard InChI is InChI=1S/C9H12.C8H7N.C8H6O.C8H6S.C5H6.2C4H5N.C4H4O.C4H4S.10C4H10.C3H3NO.C3H7NS/c1-8(2)9-6-4-3-5-7-9;3*1-2-4-8-7(3-1)5-6-9-8;5*1-2-4-5-3-1;10*1-4(2)3;1-2-5-3-4-1;1-2-4-5-3-1/h3-8H,1-2H3;1-6,9H;2*1-6H;1-4H,5H2;1,3-4H,2H2;1-3H,4H2;2*1-4H;10*4H,1-3H3;1-3H;4H,1-3H2. The average molecular weight is 1580 g/mol. The third kappa shape index (κ3) is 127. The average Bonchev–Trinajstić information content (AvgIpc) is 1.76. The fraction of sp³-hybridized carbons (Fsp3) is 0.490. The normalized spacial score (nSPS) is 11.1. The van der Waals surface area contributed by atoms with Gasteiger partial charge in [0.25, 0.3) is 0 Å². The molecule has 111 heavy (non-hydrogen) atoms. The summed E-state index contributed by atoms with van der Waals surface area (Å²) in [5, 5.41) is 9.99. The van der Waals surface area contributed by atoms with Crippen molar-refractivity contribution in [2.24, 2.45) is 69.2 Å². The zero-order chi connectivity index (χ0) is 85.5. The molecule has 9 heterocycles.